The molecular formula is C11H18N2O. The van der Waals surface area contributed by atoms with E-state index in [1.807, 2.05) is 6.07 Å². The molecule has 1 rings (SSSR count). The molecule has 0 bridgehead atoms. The van der Waals surface area contributed by atoms with E-state index in [4.69, 9.17) is 5.11 Å². The largest absolute Gasteiger partial charge is 0.506 e. The van der Waals surface area contributed by atoms with Crippen molar-refractivity contribution in [3.63, 3.8) is 0 Å². The zero-order chi connectivity index (χ0) is 10.6. The Kier molecular flexibility index (Phi) is 3.89. The third-order valence-electron chi connectivity index (χ3n) is 1.92. The van der Waals surface area contributed by atoms with Gasteiger partial charge in [-0.3, -0.25) is 4.98 Å². The normalized spacial score (nSPS) is 11.2. The van der Waals surface area contributed by atoms with Crippen molar-refractivity contribution in [1.82, 2.24) is 9.88 Å². The molecule has 14 heavy (non-hydrogen) atoms. The van der Waals surface area contributed by atoms with Crippen molar-refractivity contribution in [1.29, 1.82) is 0 Å². The molecule has 1 N–H and O–H groups in total. The van der Waals surface area contributed by atoms with E-state index in [1.165, 1.54) is 6.20 Å². The lowest BCUT2D eigenvalue weighted by molar-refractivity contribution is 0.285. The monoisotopic (exact) mass is 194 g/mol. The fraction of sp³-hybridized carbons (Fsp3) is 0.545. The van der Waals surface area contributed by atoms with E-state index in [-0.39, 0.29) is 5.75 Å². The van der Waals surface area contributed by atoms with Crippen molar-refractivity contribution >= 4 is 0 Å². The Hall–Kier alpha value is -1.09. The van der Waals surface area contributed by atoms with E-state index in [0.717, 1.165) is 18.8 Å². The number of hydrogen-bond acceptors (Lipinski definition) is 3. The molecule has 0 aliphatic carbocycles. The summed E-state index contributed by atoms with van der Waals surface area (Å²) in [7, 11) is 2.08. The second-order valence-electron chi connectivity index (χ2n) is 4.10. The highest BCUT2D eigenvalue weighted by Crippen LogP contribution is 2.08. The first kappa shape index (κ1) is 11.0. The summed E-state index contributed by atoms with van der Waals surface area (Å²) >= 11 is 0. The smallest absolute Gasteiger partial charge is 0.133 e. The second kappa shape index (κ2) is 4.96. The molecule has 78 valence electrons. The molecule has 1 aromatic rings. The standard InChI is InChI=1S/C11H18N2O/c1-9(2)7-13(3)8-10-4-5-11(14)6-12-10/h4-6,9,14H,7-8H2,1-3H3. The van der Waals surface area contributed by atoms with Gasteiger partial charge in [0, 0.05) is 13.1 Å². The third-order valence-corrected chi connectivity index (χ3v) is 1.92. The van der Waals surface area contributed by atoms with E-state index in [9.17, 15) is 0 Å². The zero-order valence-corrected chi connectivity index (χ0v) is 9.07. The van der Waals surface area contributed by atoms with Gasteiger partial charge in [-0.15, -0.1) is 0 Å². The van der Waals surface area contributed by atoms with Crippen molar-refractivity contribution in [2.75, 3.05) is 13.6 Å². The van der Waals surface area contributed by atoms with Crippen LogP contribution in [0.1, 0.15) is 19.5 Å². The van der Waals surface area contributed by atoms with Gasteiger partial charge in [0.25, 0.3) is 0 Å². The molecule has 0 saturated carbocycles. The van der Waals surface area contributed by atoms with Crippen LogP contribution in [0.5, 0.6) is 5.75 Å². The van der Waals surface area contributed by atoms with Crippen LogP contribution in [-0.4, -0.2) is 28.6 Å². The summed E-state index contributed by atoms with van der Waals surface area (Å²) in [5.74, 6) is 0.886. The number of hydrogen-bond donors (Lipinski definition) is 1. The average molecular weight is 194 g/mol. The lowest BCUT2D eigenvalue weighted by atomic mass is 10.2. The van der Waals surface area contributed by atoms with Gasteiger partial charge in [-0.1, -0.05) is 13.8 Å². The van der Waals surface area contributed by atoms with Gasteiger partial charge >= 0.3 is 0 Å². The summed E-state index contributed by atoms with van der Waals surface area (Å²) in [5.41, 5.74) is 0.992. The minimum Gasteiger partial charge on any atom is -0.506 e. The SMILES string of the molecule is CC(C)CN(C)Cc1ccc(O)cn1. The maximum Gasteiger partial charge on any atom is 0.133 e. The van der Waals surface area contributed by atoms with Gasteiger partial charge in [0.2, 0.25) is 0 Å². The first-order valence-corrected chi connectivity index (χ1v) is 4.90. The average Bonchev–Trinajstić information content (AvgIpc) is 2.07. The first-order chi connectivity index (χ1) is 6.58. The van der Waals surface area contributed by atoms with Gasteiger partial charge in [-0.25, -0.2) is 0 Å². The highest BCUT2D eigenvalue weighted by Gasteiger charge is 2.03. The third kappa shape index (κ3) is 3.75. The molecule has 1 heterocycles. The van der Waals surface area contributed by atoms with Crippen LogP contribution in [0, 0.1) is 5.92 Å². The minimum atomic E-state index is 0.222. The molecule has 0 saturated heterocycles. The molecule has 0 unspecified atom stereocenters. The number of pyridine rings is 1. The van der Waals surface area contributed by atoms with E-state index >= 15 is 0 Å². The fourth-order valence-corrected chi connectivity index (χ4v) is 1.47. The Labute approximate surface area is 85.4 Å². The van der Waals surface area contributed by atoms with Crippen molar-refractivity contribution < 1.29 is 5.11 Å². The number of aromatic nitrogens is 1. The molecule has 0 aromatic carbocycles. The van der Waals surface area contributed by atoms with Crippen LogP contribution in [0.2, 0.25) is 0 Å². The molecule has 0 radical (unpaired) electrons. The predicted molar refractivity (Wildman–Crippen MR) is 57.1 cm³/mol. The van der Waals surface area contributed by atoms with E-state index < -0.39 is 0 Å². The molecule has 0 aliphatic heterocycles. The van der Waals surface area contributed by atoms with E-state index in [0.29, 0.717) is 5.92 Å². The van der Waals surface area contributed by atoms with Gasteiger partial charge in [0.05, 0.1) is 11.9 Å². The van der Waals surface area contributed by atoms with Crippen LogP contribution in [0.15, 0.2) is 18.3 Å². The zero-order valence-electron chi connectivity index (χ0n) is 9.07. The highest BCUT2D eigenvalue weighted by molar-refractivity contribution is 5.17. The molecule has 0 spiro atoms. The summed E-state index contributed by atoms with van der Waals surface area (Å²) in [6.07, 6.45) is 1.48. The van der Waals surface area contributed by atoms with Gasteiger partial charge in [0.1, 0.15) is 5.75 Å². The van der Waals surface area contributed by atoms with Gasteiger partial charge in [-0.05, 0) is 25.1 Å². The molecule has 3 nitrogen and oxygen atoms in total. The van der Waals surface area contributed by atoms with Crippen molar-refractivity contribution in [2.45, 2.75) is 20.4 Å². The molecule has 3 heteroatoms. The molecule has 0 fully saturated rings. The van der Waals surface area contributed by atoms with Crippen LogP contribution >= 0.6 is 0 Å². The number of aromatic hydroxyl groups is 1. The number of rotatable bonds is 4. The van der Waals surface area contributed by atoms with Crippen LogP contribution in [-0.2, 0) is 6.54 Å². The van der Waals surface area contributed by atoms with Crippen molar-refractivity contribution in [2.24, 2.45) is 5.92 Å². The van der Waals surface area contributed by atoms with E-state index in [1.54, 1.807) is 6.07 Å². The Morgan fingerprint density at radius 1 is 1.43 bits per heavy atom. The Balaban J connectivity index is 2.47. The van der Waals surface area contributed by atoms with Crippen LogP contribution in [0.25, 0.3) is 0 Å². The van der Waals surface area contributed by atoms with Gasteiger partial charge < -0.3 is 10.0 Å². The Bertz CT molecular complexity index is 269. The number of nitrogens with zero attached hydrogens (tertiary/aromatic N) is 2. The molecule has 1 aromatic heterocycles. The summed E-state index contributed by atoms with van der Waals surface area (Å²) in [5, 5.41) is 9.06. The molecule has 0 amide bonds. The maximum atomic E-state index is 9.06. The highest BCUT2D eigenvalue weighted by atomic mass is 16.3. The predicted octanol–water partition coefficient (Wildman–Crippen LogP) is 1.88. The molecule has 0 atom stereocenters. The molecule has 0 aliphatic rings. The van der Waals surface area contributed by atoms with Crippen LogP contribution in [0.3, 0.4) is 0 Å². The van der Waals surface area contributed by atoms with Crippen LogP contribution in [0.4, 0.5) is 0 Å². The topological polar surface area (TPSA) is 36.4 Å². The second-order valence-corrected chi connectivity index (χ2v) is 4.10. The molecular weight excluding hydrogens is 176 g/mol. The summed E-state index contributed by atoms with van der Waals surface area (Å²) in [6.45, 7) is 6.28. The fourth-order valence-electron chi connectivity index (χ4n) is 1.47. The van der Waals surface area contributed by atoms with Crippen LogP contribution < -0.4 is 0 Å². The summed E-state index contributed by atoms with van der Waals surface area (Å²) in [6, 6.07) is 3.53. The van der Waals surface area contributed by atoms with Gasteiger partial charge in [0.15, 0.2) is 0 Å². The first-order valence-electron chi connectivity index (χ1n) is 4.90. The minimum absolute atomic E-state index is 0.222. The lowest BCUT2D eigenvalue weighted by Gasteiger charge is -2.18. The lowest BCUT2D eigenvalue weighted by Crippen LogP contribution is -2.23. The Morgan fingerprint density at radius 3 is 2.64 bits per heavy atom. The maximum absolute atomic E-state index is 9.06. The summed E-state index contributed by atoms with van der Waals surface area (Å²) in [4.78, 5) is 6.36. The summed E-state index contributed by atoms with van der Waals surface area (Å²) < 4.78 is 0. The Morgan fingerprint density at radius 2 is 2.14 bits per heavy atom. The van der Waals surface area contributed by atoms with Gasteiger partial charge in [-0.2, -0.15) is 0 Å². The van der Waals surface area contributed by atoms with Crippen molar-refractivity contribution in [3.05, 3.63) is 24.0 Å². The van der Waals surface area contributed by atoms with E-state index in [2.05, 4.69) is 30.8 Å². The quantitative estimate of drug-likeness (QED) is 0.795. The van der Waals surface area contributed by atoms with Crippen molar-refractivity contribution in [3.8, 4) is 5.75 Å².